The fraction of sp³-hybridized carbons (Fsp3) is 0.100. The van der Waals surface area contributed by atoms with E-state index in [1.807, 2.05) is 6.92 Å². The standard InChI is InChI=1S/C10H6Br2FN/c1-5-2-6(13)3-7-9(12)8(11)4-14-10(5)7/h2-4H,1H3. The predicted octanol–water partition coefficient (Wildman–Crippen LogP) is 4.21. The summed E-state index contributed by atoms with van der Waals surface area (Å²) in [5, 5.41) is 0.789. The number of hydrogen-bond acceptors (Lipinski definition) is 1. The van der Waals surface area contributed by atoms with Crippen LogP contribution in [-0.4, -0.2) is 4.98 Å². The van der Waals surface area contributed by atoms with Crippen LogP contribution in [0.4, 0.5) is 4.39 Å². The summed E-state index contributed by atoms with van der Waals surface area (Å²) in [4.78, 5) is 4.24. The van der Waals surface area contributed by atoms with E-state index in [1.165, 1.54) is 12.1 Å². The third kappa shape index (κ3) is 1.57. The molecular weight excluding hydrogens is 313 g/mol. The first kappa shape index (κ1) is 10.1. The molecule has 0 bridgehead atoms. The SMILES string of the molecule is Cc1cc(F)cc2c(Br)c(Br)cnc12. The van der Waals surface area contributed by atoms with Crippen LogP contribution in [0.5, 0.6) is 0 Å². The number of rotatable bonds is 0. The zero-order chi connectivity index (χ0) is 10.3. The van der Waals surface area contributed by atoms with E-state index in [-0.39, 0.29) is 5.82 Å². The Labute approximate surface area is 97.6 Å². The molecule has 1 aromatic carbocycles. The van der Waals surface area contributed by atoms with Gasteiger partial charge in [-0.15, -0.1) is 0 Å². The molecule has 0 fully saturated rings. The zero-order valence-corrected chi connectivity index (χ0v) is 10.5. The average molecular weight is 319 g/mol. The monoisotopic (exact) mass is 317 g/mol. The summed E-state index contributed by atoms with van der Waals surface area (Å²) in [5.74, 6) is -0.240. The fourth-order valence-corrected chi connectivity index (χ4v) is 2.10. The van der Waals surface area contributed by atoms with Crippen LogP contribution in [0.3, 0.4) is 0 Å². The second-order valence-corrected chi connectivity index (χ2v) is 4.69. The molecule has 4 heteroatoms. The smallest absolute Gasteiger partial charge is 0.124 e. The second-order valence-electron chi connectivity index (χ2n) is 3.04. The van der Waals surface area contributed by atoms with Gasteiger partial charge in [-0.25, -0.2) is 4.39 Å². The van der Waals surface area contributed by atoms with Gasteiger partial charge >= 0.3 is 0 Å². The Morgan fingerprint density at radius 2 is 2.00 bits per heavy atom. The van der Waals surface area contributed by atoms with Crippen molar-refractivity contribution in [3.05, 3.63) is 38.7 Å². The quantitative estimate of drug-likeness (QED) is 0.709. The zero-order valence-electron chi connectivity index (χ0n) is 7.31. The van der Waals surface area contributed by atoms with E-state index in [0.717, 1.165) is 25.4 Å². The van der Waals surface area contributed by atoms with E-state index in [2.05, 4.69) is 36.8 Å². The van der Waals surface area contributed by atoms with Crippen LogP contribution in [0.1, 0.15) is 5.56 Å². The Hall–Kier alpha value is -0.480. The molecule has 0 spiro atoms. The first-order valence-corrected chi connectivity index (χ1v) is 5.58. The Morgan fingerprint density at radius 1 is 1.29 bits per heavy atom. The third-order valence-electron chi connectivity index (χ3n) is 2.02. The first-order valence-electron chi connectivity index (χ1n) is 3.99. The molecular formula is C10H6Br2FN. The normalized spacial score (nSPS) is 10.9. The number of halogens is 3. The van der Waals surface area contributed by atoms with Crippen molar-refractivity contribution < 1.29 is 4.39 Å². The number of aryl methyl sites for hydroxylation is 1. The molecule has 2 rings (SSSR count). The maximum atomic E-state index is 13.1. The Kier molecular flexibility index (Phi) is 2.58. The highest BCUT2D eigenvalue weighted by Crippen LogP contribution is 2.31. The maximum absolute atomic E-state index is 13.1. The lowest BCUT2D eigenvalue weighted by molar-refractivity contribution is 0.628. The molecule has 0 saturated heterocycles. The van der Waals surface area contributed by atoms with Crippen LogP contribution in [0.2, 0.25) is 0 Å². The van der Waals surface area contributed by atoms with Gasteiger partial charge in [0.25, 0.3) is 0 Å². The van der Waals surface area contributed by atoms with E-state index in [0.29, 0.717) is 0 Å². The number of nitrogens with zero attached hydrogens (tertiary/aromatic N) is 1. The molecule has 2 aromatic rings. The van der Waals surface area contributed by atoms with Gasteiger partial charge < -0.3 is 0 Å². The molecule has 72 valence electrons. The Morgan fingerprint density at radius 3 is 2.71 bits per heavy atom. The van der Waals surface area contributed by atoms with Gasteiger partial charge in [-0.3, -0.25) is 4.98 Å². The maximum Gasteiger partial charge on any atom is 0.124 e. The molecule has 1 nitrogen and oxygen atoms in total. The van der Waals surface area contributed by atoms with Gasteiger partial charge in [-0.2, -0.15) is 0 Å². The van der Waals surface area contributed by atoms with Gasteiger partial charge in [0.2, 0.25) is 0 Å². The first-order chi connectivity index (χ1) is 6.59. The molecule has 0 saturated carbocycles. The second kappa shape index (κ2) is 3.59. The van der Waals surface area contributed by atoms with Gasteiger partial charge in [0.15, 0.2) is 0 Å². The lowest BCUT2D eigenvalue weighted by Gasteiger charge is -2.05. The minimum absolute atomic E-state index is 0.240. The van der Waals surface area contributed by atoms with Crippen LogP contribution < -0.4 is 0 Å². The lowest BCUT2D eigenvalue weighted by Crippen LogP contribution is -1.87. The van der Waals surface area contributed by atoms with Crippen LogP contribution in [-0.2, 0) is 0 Å². The molecule has 0 aliphatic heterocycles. The van der Waals surface area contributed by atoms with Crippen molar-refractivity contribution >= 4 is 42.8 Å². The van der Waals surface area contributed by atoms with E-state index in [4.69, 9.17) is 0 Å². The van der Waals surface area contributed by atoms with Crippen molar-refractivity contribution in [2.45, 2.75) is 6.92 Å². The van der Waals surface area contributed by atoms with Crippen LogP contribution in [0, 0.1) is 12.7 Å². The summed E-state index contributed by atoms with van der Waals surface area (Å²) < 4.78 is 14.8. The molecule has 1 heterocycles. The van der Waals surface area contributed by atoms with Gasteiger partial charge in [0.05, 0.1) is 9.99 Å². The van der Waals surface area contributed by atoms with Crippen molar-refractivity contribution in [1.82, 2.24) is 4.98 Å². The Balaban J connectivity index is 2.95. The van der Waals surface area contributed by atoms with E-state index >= 15 is 0 Å². The van der Waals surface area contributed by atoms with Crippen molar-refractivity contribution in [1.29, 1.82) is 0 Å². The molecule has 0 radical (unpaired) electrons. The summed E-state index contributed by atoms with van der Waals surface area (Å²) in [6, 6.07) is 2.96. The van der Waals surface area contributed by atoms with Gasteiger partial charge in [-0.1, -0.05) is 0 Å². The molecule has 14 heavy (non-hydrogen) atoms. The summed E-state index contributed by atoms with van der Waals surface area (Å²) in [6.07, 6.45) is 1.71. The van der Waals surface area contributed by atoms with Crippen LogP contribution in [0.25, 0.3) is 10.9 Å². The highest BCUT2D eigenvalue weighted by atomic mass is 79.9. The lowest BCUT2D eigenvalue weighted by atomic mass is 10.1. The summed E-state index contributed by atoms with van der Waals surface area (Å²) >= 11 is 6.73. The molecule has 0 atom stereocenters. The van der Waals surface area contributed by atoms with E-state index in [9.17, 15) is 4.39 Å². The topological polar surface area (TPSA) is 12.9 Å². The minimum Gasteiger partial charge on any atom is -0.255 e. The van der Waals surface area contributed by atoms with E-state index in [1.54, 1.807) is 6.20 Å². The van der Waals surface area contributed by atoms with Crippen molar-refractivity contribution in [3.63, 3.8) is 0 Å². The molecule has 0 aliphatic carbocycles. The predicted molar refractivity (Wildman–Crippen MR) is 61.8 cm³/mol. The summed E-state index contributed by atoms with van der Waals surface area (Å²) in [7, 11) is 0. The van der Waals surface area contributed by atoms with Crippen molar-refractivity contribution in [2.24, 2.45) is 0 Å². The fourth-order valence-electron chi connectivity index (χ4n) is 1.38. The van der Waals surface area contributed by atoms with Gasteiger partial charge in [0, 0.05) is 16.1 Å². The van der Waals surface area contributed by atoms with Crippen molar-refractivity contribution in [3.8, 4) is 0 Å². The number of fused-ring (bicyclic) bond motifs is 1. The number of benzene rings is 1. The highest BCUT2D eigenvalue weighted by molar-refractivity contribution is 9.13. The van der Waals surface area contributed by atoms with Crippen molar-refractivity contribution in [2.75, 3.05) is 0 Å². The molecule has 0 N–H and O–H groups in total. The Bertz CT molecular complexity index is 511. The number of hydrogen-bond donors (Lipinski definition) is 0. The largest absolute Gasteiger partial charge is 0.255 e. The number of aromatic nitrogens is 1. The third-order valence-corrected chi connectivity index (χ3v) is 4.01. The number of pyridine rings is 1. The molecule has 0 amide bonds. The summed E-state index contributed by atoms with van der Waals surface area (Å²) in [5.41, 5.74) is 1.66. The summed E-state index contributed by atoms with van der Waals surface area (Å²) in [6.45, 7) is 1.85. The van der Waals surface area contributed by atoms with Crippen LogP contribution >= 0.6 is 31.9 Å². The average Bonchev–Trinajstić information content (AvgIpc) is 2.12. The van der Waals surface area contributed by atoms with E-state index < -0.39 is 0 Å². The van der Waals surface area contributed by atoms with Gasteiger partial charge in [0.1, 0.15) is 5.82 Å². The molecule has 1 aromatic heterocycles. The minimum atomic E-state index is -0.240. The van der Waals surface area contributed by atoms with Crippen LogP contribution in [0.15, 0.2) is 27.3 Å². The van der Waals surface area contributed by atoms with Gasteiger partial charge in [-0.05, 0) is 56.5 Å². The molecule has 0 unspecified atom stereocenters. The highest BCUT2D eigenvalue weighted by Gasteiger charge is 2.07. The molecule has 0 aliphatic rings.